The van der Waals surface area contributed by atoms with Gasteiger partial charge in [0.05, 0.1) is 5.56 Å². The summed E-state index contributed by atoms with van der Waals surface area (Å²) in [6.07, 6.45) is 0.708. The van der Waals surface area contributed by atoms with Gasteiger partial charge in [-0.05, 0) is 31.0 Å². The first-order valence-electron chi connectivity index (χ1n) is 8.39. The number of nitrogens with one attached hydrogen (secondary N) is 1. The molecule has 0 radical (unpaired) electrons. The molecule has 138 valence electrons. The van der Waals surface area contributed by atoms with Crippen LogP contribution in [0.15, 0.2) is 42.5 Å². The van der Waals surface area contributed by atoms with Crippen LogP contribution in [0.3, 0.4) is 0 Å². The average molecular weight is 360 g/mol. The van der Waals surface area contributed by atoms with Crippen molar-refractivity contribution in [3.63, 3.8) is 0 Å². The van der Waals surface area contributed by atoms with Gasteiger partial charge < -0.3 is 10.2 Å². The van der Waals surface area contributed by atoms with Crippen LogP contribution in [0.1, 0.15) is 34.3 Å². The maximum atomic E-state index is 13.5. The van der Waals surface area contributed by atoms with Gasteiger partial charge in [-0.1, -0.05) is 29.8 Å². The van der Waals surface area contributed by atoms with Gasteiger partial charge in [0.15, 0.2) is 0 Å². The second-order valence-electron chi connectivity index (χ2n) is 6.22. The molecule has 0 bridgehead atoms. The van der Waals surface area contributed by atoms with Crippen LogP contribution in [0.25, 0.3) is 0 Å². The molecule has 6 heteroatoms. The summed E-state index contributed by atoms with van der Waals surface area (Å²) in [4.78, 5) is 25.6. The molecule has 1 N–H and O–H groups in total. The summed E-state index contributed by atoms with van der Waals surface area (Å²) in [7, 11) is 1.73. The molecule has 2 aromatic rings. The Balaban J connectivity index is 1.73. The lowest BCUT2D eigenvalue weighted by molar-refractivity contribution is -0.130. The van der Waals surface area contributed by atoms with E-state index in [1.165, 1.54) is 0 Å². The highest BCUT2D eigenvalue weighted by Gasteiger charge is 2.13. The van der Waals surface area contributed by atoms with Crippen molar-refractivity contribution in [2.24, 2.45) is 0 Å². The van der Waals surface area contributed by atoms with Crippen molar-refractivity contribution in [1.82, 2.24) is 10.2 Å². The highest BCUT2D eigenvalue weighted by Crippen LogP contribution is 2.10. The molecule has 2 rings (SSSR count). The van der Waals surface area contributed by atoms with Crippen LogP contribution in [-0.4, -0.2) is 30.3 Å². The lowest BCUT2D eigenvalue weighted by atomic mass is 10.1. The van der Waals surface area contributed by atoms with Gasteiger partial charge >= 0.3 is 0 Å². The topological polar surface area (TPSA) is 49.4 Å². The average Bonchev–Trinajstić information content (AvgIpc) is 2.60. The predicted molar refractivity (Wildman–Crippen MR) is 95.6 cm³/mol. The molecule has 0 spiro atoms. The Kier molecular flexibility index (Phi) is 6.83. The SMILES string of the molecule is Cc1ccc(CN(C)C(=O)CCCNC(=O)c2ccc(F)cc2F)cc1. The fraction of sp³-hybridized carbons (Fsp3) is 0.300. The molecule has 0 aromatic heterocycles. The number of carbonyl (C=O) groups excluding carboxylic acids is 2. The minimum atomic E-state index is -0.906. The quantitative estimate of drug-likeness (QED) is 0.769. The van der Waals surface area contributed by atoms with Crippen molar-refractivity contribution >= 4 is 11.8 Å². The number of hydrogen-bond donors (Lipinski definition) is 1. The predicted octanol–water partition coefficient (Wildman–Crippen LogP) is 3.44. The number of carbonyl (C=O) groups is 2. The van der Waals surface area contributed by atoms with Crippen LogP contribution in [0.5, 0.6) is 0 Å². The van der Waals surface area contributed by atoms with E-state index in [0.717, 1.165) is 23.3 Å². The fourth-order valence-corrected chi connectivity index (χ4v) is 2.46. The first-order valence-corrected chi connectivity index (χ1v) is 8.39. The number of rotatable bonds is 7. The lowest BCUT2D eigenvalue weighted by Gasteiger charge is -2.17. The van der Waals surface area contributed by atoms with E-state index in [-0.39, 0.29) is 24.4 Å². The van der Waals surface area contributed by atoms with Crippen molar-refractivity contribution in [3.8, 4) is 0 Å². The van der Waals surface area contributed by atoms with E-state index >= 15 is 0 Å². The number of aryl methyl sites for hydroxylation is 1. The first-order chi connectivity index (χ1) is 12.4. The zero-order valence-corrected chi connectivity index (χ0v) is 14.9. The lowest BCUT2D eigenvalue weighted by Crippen LogP contribution is -2.29. The van der Waals surface area contributed by atoms with E-state index < -0.39 is 17.5 Å². The summed E-state index contributed by atoms with van der Waals surface area (Å²) in [6, 6.07) is 10.8. The summed E-state index contributed by atoms with van der Waals surface area (Å²) in [5.74, 6) is -2.30. The smallest absolute Gasteiger partial charge is 0.254 e. The monoisotopic (exact) mass is 360 g/mol. The Morgan fingerprint density at radius 1 is 1.08 bits per heavy atom. The minimum absolute atomic E-state index is 0.0345. The summed E-state index contributed by atoms with van der Waals surface area (Å²) in [6.45, 7) is 2.76. The Bertz CT molecular complexity index is 776. The molecule has 2 aromatic carbocycles. The molecule has 0 fully saturated rings. The summed E-state index contributed by atoms with van der Waals surface area (Å²) in [5.41, 5.74) is 2.00. The van der Waals surface area contributed by atoms with Gasteiger partial charge in [-0.25, -0.2) is 8.78 Å². The largest absolute Gasteiger partial charge is 0.352 e. The van der Waals surface area contributed by atoms with E-state index in [2.05, 4.69) is 5.32 Å². The molecule has 2 amide bonds. The molecule has 0 saturated heterocycles. The number of nitrogens with zero attached hydrogens (tertiary/aromatic N) is 1. The number of benzene rings is 2. The van der Waals surface area contributed by atoms with Crippen LogP contribution < -0.4 is 5.32 Å². The maximum Gasteiger partial charge on any atom is 0.254 e. The number of amides is 2. The molecule has 0 aliphatic carbocycles. The molecule has 0 unspecified atom stereocenters. The van der Waals surface area contributed by atoms with Gasteiger partial charge in [0.2, 0.25) is 5.91 Å². The minimum Gasteiger partial charge on any atom is -0.352 e. The number of halogens is 2. The van der Waals surface area contributed by atoms with E-state index in [4.69, 9.17) is 0 Å². The fourth-order valence-electron chi connectivity index (χ4n) is 2.46. The summed E-state index contributed by atoms with van der Waals surface area (Å²) in [5, 5.41) is 2.54. The highest BCUT2D eigenvalue weighted by atomic mass is 19.1. The van der Waals surface area contributed by atoms with Crippen molar-refractivity contribution in [3.05, 3.63) is 70.8 Å². The van der Waals surface area contributed by atoms with Crippen LogP contribution in [0.4, 0.5) is 8.78 Å². The van der Waals surface area contributed by atoms with Gasteiger partial charge in [-0.2, -0.15) is 0 Å². The van der Waals surface area contributed by atoms with Gasteiger partial charge in [-0.15, -0.1) is 0 Å². The summed E-state index contributed by atoms with van der Waals surface area (Å²) >= 11 is 0. The molecule has 4 nitrogen and oxygen atoms in total. The Labute approximate surface area is 151 Å². The van der Waals surface area contributed by atoms with E-state index in [1.807, 2.05) is 31.2 Å². The molecule has 0 heterocycles. The zero-order valence-electron chi connectivity index (χ0n) is 14.9. The third kappa shape index (κ3) is 5.65. The van der Waals surface area contributed by atoms with E-state index in [0.29, 0.717) is 19.0 Å². The van der Waals surface area contributed by atoms with Gasteiger partial charge in [0, 0.05) is 32.6 Å². The van der Waals surface area contributed by atoms with Crippen LogP contribution in [0, 0.1) is 18.6 Å². The number of hydrogen-bond acceptors (Lipinski definition) is 2. The molecule has 0 atom stereocenters. The standard InChI is InChI=1S/C20H22F2N2O2/c1-14-5-7-15(8-6-14)13-24(2)19(25)4-3-11-23-20(26)17-10-9-16(21)12-18(17)22/h5-10,12H,3-4,11,13H2,1-2H3,(H,23,26). The Hall–Kier alpha value is -2.76. The van der Waals surface area contributed by atoms with Crippen molar-refractivity contribution in [2.75, 3.05) is 13.6 Å². The van der Waals surface area contributed by atoms with Gasteiger partial charge in [0.1, 0.15) is 11.6 Å². The molecular formula is C20H22F2N2O2. The van der Waals surface area contributed by atoms with Crippen LogP contribution in [-0.2, 0) is 11.3 Å². The third-order valence-electron chi connectivity index (χ3n) is 3.99. The molecule has 26 heavy (non-hydrogen) atoms. The zero-order chi connectivity index (χ0) is 19.1. The Morgan fingerprint density at radius 3 is 2.42 bits per heavy atom. The van der Waals surface area contributed by atoms with Crippen LogP contribution in [0.2, 0.25) is 0 Å². The second-order valence-corrected chi connectivity index (χ2v) is 6.22. The van der Waals surface area contributed by atoms with E-state index in [9.17, 15) is 18.4 Å². The second kappa shape index (κ2) is 9.08. The maximum absolute atomic E-state index is 13.5. The van der Waals surface area contributed by atoms with Crippen molar-refractivity contribution in [2.45, 2.75) is 26.3 Å². The molecule has 0 aliphatic rings. The first kappa shape index (κ1) is 19.6. The van der Waals surface area contributed by atoms with Crippen molar-refractivity contribution < 1.29 is 18.4 Å². The highest BCUT2D eigenvalue weighted by molar-refractivity contribution is 5.94. The summed E-state index contributed by atoms with van der Waals surface area (Å²) < 4.78 is 26.4. The van der Waals surface area contributed by atoms with Gasteiger partial charge in [-0.3, -0.25) is 9.59 Å². The molecular weight excluding hydrogens is 338 g/mol. The third-order valence-corrected chi connectivity index (χ3v) is 3.99. The van der Waals surface area contributed by atoms with E-state index in [1.54, 1.807) is 11.9 Å². The molecule has 0 saturated carbocycles. The van der Waals surface area contributed by atoms with Crippen LogP contribution >= 0.6 is 0 Å². The van der Waals surface area contributed by atoms with Gasteiger partial charge in [0.25, 0.3) is 5.91 Å². The Morgan fingerprint density at radius 2 is 1.77 bits per heavy atom. The molecule has 0 aliphatic heterocycles. The normalized spacial score (nSPS) is 10.5. The van der Waals surface area contributed by atoms with Crippen molar-refractivity contribution in [1.29, 1.82) is 0 Å².